The van der Waals surface area contributed by atoms with Gasteiger partial charge in [-0.2, -0.15) is 0 Å². The lowest BCUT2D eigenvalue weighted by molar-refractivity contribution is -0.394. The number of morpholine rings is 1. The first-order valence-electron chi connectivity index (χ1n) is 11.4. The van der Waals surface area contributed by atoms with E-state index in [1.807, 2.05) is 0 Å². The molecule has 0 unspecified atom stereocenters. The van der Waals surface area contributed by atoms with Gasteiger partial charge >= 0.3 is 0 Å². The Balaban J connectivity index is 1.73. The Hall–Kier alpha value is -3.88. The number of carbonyl (C=O) groups is 1. The summed E-state index contributed by atoms with van der Waals surface area (Å²) in [5, 5.41) is 23.1. The number of nitro groups is 2. The fourth-order valence-electron chi connectivity index (χ4n) is 4.04. The Morgan fingerprint density at radius 3 is 2.30 bits per heavy atom. The van der Waals surface area contributed by atoms with Gasteiger partial charge in [0, 0.05) is 38.3 Å². The smallest absolute Gasteiger partial charge is 0.277 e. The zero-order chi connectivity index (χ0) is 26.5. The summed E-state index contributed by atoms with van der Waals surface area (Å²) in [5.74, 6) is 0.405. The minimum Gasteiger partial charge on any atom is -0.495 e. The number of non-ortho nitro benzene ring substituents is 2. The molecule has 1 aliphatic rings. The van der Waals surface area contributed by atoms with Crippen LogP contribution in [0.15, 0.2) is 30.3 Å². The lowest BCUT2D eigenvalue weighted by Gasteiger charge is -2.27. The average molecular weight is 532 g/mol. The summed E-state index contributed by atoms with van der Waals surface area (Å²) >= 11 is 1.20. The molecule has 4 rings (SSSR count). The topological polar surface area (TPSA) is 150 Å². The highest BCUT2D eigenvalue weighted by molar-refractivity contribution is 7.22. The molecule has 0 radical (unpaired) electrons. The van der Waals surface area contributed by atoms with E-state index in [2.05, 4.69) is 9.88 Å². The van der Waals surface area contributed by atoms with Crippen molar-refractivity contribution >= 4 is 44.0 Å². The number of rotatable bonds is 10. The number of nitrogens with zero attached hydrogens (tertiary/aromatic N) is 5. The fourth-order valence-corrected chi connectivity index (χ4v) is 5.14. The molecule has 1 amide bonds. The Morgan fingerprint density at radius 2 is 1.70 bits per heavy atom. The molecule has 13 nitrogen and oxygen atoms in total. The zero-order valence-corrected chi connectivity index (χ0v) is 21.1. The number of thiazole rings is 1. The molecule has 37 heavy (non-hydrogen) atoms. The molecule has 1 aliphatic heterocycles. The number of fused-ring (bicyclic) bond motifs is 1. The van der Waals surface area contributed by atoms with Gasteiger partial charge in [0.05, 0.1) is 48.9 Å². The van der Waals surface area contributed by atoms with Crippen LogP contribution in [0.3, 0.4) is 0 Å². The van der Waals surface area contributed by atoms with Gasteiger partial charge in [-0.3, -0.25) is 34.8 Å². The third-order valence-corrected chi connectivity index (χ3v) is 7.00. The van der Waals surface area contributed by atoms with Crippen molar-refractivity contribution in [3.63, 3.8) is 0 Å². The minimum atomic E-state index is -0.764. The second kappa shape index (κ2) is 11.5. The van der Waals surface area contributed by atoms with Crippen molar-refractivity contribution in [3.05, 3.63) is 56.1 Å². The third kappa shape index (κ3) is 5.76. The highest BCUT2D eigenvalue weighted by Gasteiger charge is 2.27. The van der Waals surface area contributed by atoms with Crippen LogP contribution in [0.2, 0.25) is 0 Å². The van der Waals surface area contributed by atoms with E-state index in [0.29, 0.717) is 53.0 Å². The van der Waals surface area contributed by atoms with Crippen molar-refractivity contribution in [2.75, 3.05) is 58.5 Å². The molecule has 196 valence electrons. The lowest BCUT2D eigenvalue weighted by Crippen LogP contribution is -2.39. The van der Waals surface area contributed by atoms with Crippen molar-refractivity contribution < 1.29 is 28.9 Å². The molecule has 2 aromatic carbocycles. The Labute approximate surface area is 215 Å². The first kappa shape index (κ1) is 26.2. The summed E-state index contributed by atoms with van der Waals surface area (Å²) in [6.45, 7) is 3.76. The highest BCUT2D eigenvalue weighted by atomic mass is 32.1. The molecule has 0 bridgehead atoms. The number of hydrogen-bond acceptors (Lipinski definition) is 11. The second-order valence-corrected chi connectivity index (χ2v) is 9.14. The fraction of sp³-hybridized carbons (Fsp3) is 0.391. The summed E-state index contributed by atoms with van der Waals surface area (Å²) in [6, 6.07) is 6.35. The normalized spacial score (nSPS) is 13.9. The number of methoxy groups -OCH3 is 2. The number of benzene rings is 2. The van der Waals surface area contributed by atoms with Gasteiger partial charge < -0.3 is 14.2 Å². The van der Waals surface area contributed by atoms with Gasteiger partial charge in [0.25, 0.3) is 17.3 Å². The first-order valence-corrected chi connectivity index (χ1v) is 12.2. The number of carbonyl (C=O) groups excluding carboxylic acids is 1. The van der Waals surface area contributed by atoms with Crippen LogP contribution in [-0.2, 0) is 4.74 Å². The molecule has 0 saturated carbocycles. The van der Waals surface area contributed by atoms with Crippen molar-refractivity contribution in [1.29, 1.82) is 0 Å². The van der Waals surface area contributed by atoms with Gasteiger partial charge in [0.15, 0.2) is 5.13 Å². The SMILES string of the molecule is COc1ccc(OC)c2sc(N(CCCN3CCOCC3)C(=O)c3cc([N+](=O)[O-])cc([N+](=O)[O-])c3)nc12. The second-order valence-electron chi connectivity index (χ2n) is 8.16. The summed E-state index contributed by atoms with van der Waals surface area (Å²) in [4.78, 5) is 43.2. The zero-order valence-electron chi connectivity index (χ0n) is 20.2. The summed E-state index contributed by atoms with van der Waals surface area (Å²) in [5.41, 5.74) is -0.764. The summed E-state index contributed by atoms with van der Waals surface area (Å²) in [6.07, 6.45) is 0.576. The van der Waals surface area contributed by atoms with E-state index in [1.165, 1.54) is 30.5 Å². The molecule has 0 spiro atoms. The molecule has 0 aliphatic carbocycles. The molecule has 1 saturated heterocycles. The van der Waals surface area contributed by atoms with E-state index >= 15 is 0 Å². The lowest BCUT2D eigenvalue weighted by atomic mass is 10.1. The van der Waals surface area contributed by atoms with Gasteiger partial charge in [-0.1, -0.05) is 11.3 Å². The van der Waals surface area contributed by atoms with E-state index in [9.17, 15) is 25.0 Å². The molecule has 1 aromatic heterocycles. The predicted molar refractivity (Wildman–Crippen MR) is 136 cm³/mol. The van der Waals surface area contributed by atoms with Crippen LogP contribution < -0.4 is 14.4 Å². The predicted octanol–water partition coefficient (Wildman–Crippen LogP) is 3.50. The van der Waals surface area contributed by atoms with Crippen LogP contribution in [0, 0.1) is 20.2 Å². The van der Waals surface area contributed by atoms with Crippen LogP contribution in [0.25, 0.3) is 10.2 Å². The monoisotopic (exact) mass is 531 g/mol. The molecule has 0 atom stereocenters. The van der Waals surface area contributed by atoms with Crippen LogP contribution in [0.5, 0.6) is 11.5 Å². The molecule has 1 fully saturated rings. The average Bonchev–Trinajstić information content (AvgIpc) is 3.35. The van der Waals surface area contributed by atoms with E-state index in [0.717, 1.165) is 31.3 Å². The van der Waals surface area contributed by atoms with E-state index < -0.39 is 27.1 Å². The largest absolute Gasteiger partial charge is 0.495 e. The standard InChI is InChI=1S/C23H25N5O8S/c1-34-18-4-5-19(35-2)21-20(18)24-23(37-21)26(7-3-6-25-8-10-36-11-9-25)22(29)15-12-16(27(30)31)14-17(13-15)28(32)33/h4-5,12-14H,3,6-11H2,1-2H3. The number of aromatic nitrogens is 1. The van der Waals surface area contributed by atoms with Crippen LogP contribution in [0.4, 0.5) is 16.5 Å². The molecule has 14 heteroatoms. The Morgan fingerprint density at radius 1 is 1.08 bits per heavy atom. The van der Waals surface area contributed by atoms with Gasteiger partial charge in [0.2, 0.25) is 0 Å². The van der Waals surface area contributed by atoms with Crippen LogP contribution in [-0.4, -0.2) is 79.3 Å². The van der Waals surface area contributed by atoms with Crippen molar-refractivity contribution in [2.45, 2.75) is 6.42 Å². The van der Waals surface area contributed by atoms with Crippen molar-refractivity contribution in [3.8, 4) is 11.5 Å². The minimum absolute atomic E-state index is 0.176. The van der Waals surface area contributed by atoms with Gasteiger partial charge in [-0.05, 0) is 18.6 Å². The van der Waals surface area contributed by atoms with E-state index in [-0.39, 0.29) is 12.1 Å². The van der Waals surface area contributed by atoms with Crippen LogP contribution >= 0.6 is 11.3 Å². The maximum atomic E-state index is 13.7. The number of anilines is 1. The molecule has 3 aromatic rings. The van der Waals surface area contributed by atoms with Gasteiger partial charge in [-0.25, -0.2) is 4.98 Å². The van der Waals surface area contributed by atoms with Crippen molar-refractivity contribution in [1.82, 2.24) is 9.88 Å². The molecule has 2 heterocycles. The Kier molecular flexibility index (Phi) is 8.11. The van der Waals surface area contributed by atoms with Crippen LogP contribution in [0.1, 0.15) is 16.8 Å². The van der Waals surface area contributed by atoms with Gasteiger partial charge in [0.1, 0.15) is 21.7 Å². The van der Waals surface area contributed by atoms with Crippen molar-refractivity contribution in [2.24, 2.45) is 0 Å². The number of amides is 1. The molecular weight excluding hydrogens is 506 g/mol. The van der Waals surface area contributed by atoms with E-state index in [1.54, 1.807) is 12.1 Å². The molecule has 0 N–H and O–H groups in total. The summed E-state index contributed by atoms with van der Waals surface area (Å²) in [7, 11) is 3.03. The quantitative estimate of drug-likeness (QED) is 0.281. The maximum Gasteiger partial charge on any atom is 0.277 e. The molecular formula is C23H25N5O8S. The third-order valence-electron chi connectivity index (χ3n) is 5.91. The number of ether oxygens (including phenoxy) is 3. The Bertz CT molecular complexity index is 1250. The number of nitro benzene ring substituents is 2. The maximum absolute atomic E-state index is 13.7. The summed E-state index contributed by atoms with van der Waals surface area (Å²) < 4.78 is 16.9. The highest BCUT2D eigenvalue weighted by Crippen LogP contribution is 2.40. The van der Waals surface area contributed by atoms with E-state index in [4.69, 9.17) is 14.2 Å². The first-order chi connectivity index (χ1) is 17.8. The van der Waals surface area contributed by atoms with Gasteiger partial charge in [-0.15, -0.1) is 0 Å². The number of hydrogen-bond donors (Lipinski definition) is 0.